The van der Waals surface area contributed by atoms with Crippen molar-refractivity contribution in [3.05, 3.63) is 74.5 Å². The number of phenolic OH excluding ortho intramolecular Hbond substituents is 2. The van der Waals surface area contributed by atoms with Crippen molar-refractivity contribution in [3.63, 3.8) is 0 Å². The molecule has 0 saturated heterocycles. The summed E-state index contributed by atoms with van der Waals surface area (Å²) in [5.74, 6) is -0.443. The highest BCUT2D eigenvalue weighted by Crippen LogP contribution is 2.40. The van der Waals surface area contributed by atoms with Gasteiger partial charge in [0.15, 0.2) is 23.0 Å². The average molecular weight is 474 g/mol. The van der Waals surface area contributed by atoms with Gasteiger partial charge in [-0.05, 0) is 41.5 Å². The molecular weight excluding hydrogens is 456 g/mol. The van der Waals surface area contributed by atoms with Crippen LogP contribution in [0.2, 0.25) is 0 Å². The Balaban J connectivity index is 1.84. The molecule has 3 heterocycles. The van der Waals surface area contributed by atoms with E-state index < -0.39 is 11.5 Å². The lowest BCUT2D eigenvalue weighted by Gasteiger charge is -2.19. The molecule has 2 aromatic carbocycles. The minimum Gasteiger partial charge on any atom is -0.504 e. The van der Waals surface area contributed by atoms with Gasteiger partial charge in [-0.3, -0.25) is 0 Å². The summed E-state index contributed by atoms with van der Waals surface area (Å²) < 4.78 is 22.8. The Morgan fingerprint density at radius 1 is 1.11 bits per heavy atom. The van der Waals surface area contributed by atoms with Crippen molar-refractivity contribution in [2.24, 2.45) is 0 Å². The number of nitrogens with two attached hydrogens (primary N) is 1. The summed E-state index contributed by atoms with van der Waals surface area (Å²) in [6.07, 6.45) is 1.50. The molecule has 0 bridgehead atoms. The van der Waals surface area contributed by atoms with Gasteiger partial charge in [-0.25, -0.2) is 9.36 Å². The fourth-order valence-corrected chi connectivity index (χ4v) is 4.09. The van der Waals surface area contributed by atoms with Crippen LogP contribution in [0.15, 0.2) is 50.0 Å². The molecule has 35 heavy (non-hydrogen) atoms. The fourth-order valence-electron chi connectivity index (χ4n) is 4.09. The Morgan fingerprint density at radius 2 is 1.80 bits per heavy atom. The van der Waals surface area contributed by atoms with E-state index in [1.807, 2.05) is 0 Å². The molecule has 0 amide bonds. The van der Waals surface area contributed by atoms with Gasteiger partial charge in [0.25, 0.3) is 6.01 Å². The molecule has 11 nitrogen and oxygen atoms in total. The highest BCUT2D eigenvalue weighted by atomic mass is 16.5. The number of benzene rings is 2. The van der Waals surface area contributed by atoms with Gasteiger partial charge >= 0.3 is 5.63 Å². The molecule has 4 aromatic rings. The zero-order chi connectivity index (χ0) is 24.9. The molecule has 1 atom stereocenters. The van der Waals surface area contributed by atoms with Crippen LogP contribution < -0.4 is 31.7 Å². The summed E-state index contributed by atoms with van der Waals surface area (Å²) in [5, 5.41) is 30.0. The fraction of sp³-hybridized carbons (Fsp3) is 0.125. The van der Waals surface area contributed by atoms with Crippen molar-refractivity contribution < 1.29 is 28.5 Å². The summed E-state index contributed by atoms with van der Waals surface area (Å²) in [7, 11) is 2.81. The second-order valence-electron chi connectivity index (χ2n) is 7.62. The summed E-state index contributed by atoms with van der Waals surface area (Å²) >= 11 is 0. The van der Waals surface area contributed by atoms with Crippen LogP contribution in [0.1, 0.15) is 22.7 Å². The number of anilines is 1. The van der Waals surface area contributed by atoms with E-state index in [9.17, 15) is 20.3 Å². The van der Waals surface area contributed by atoms with Gasteiger partial charge < -0.3 is 34.3 Å². The number of hydrogen-bond donors (Lipinski definition) is 3. The van der Waals surface area contributed by atoms with Crippen LogP contribution in [0, 0.1) is 11.3 Å². The largest absolute Gasteiger partial charge is 0.504 e. The minimum atomic E-state index is -0.808. The van der Waals surface area contributed by atoms with Crippen LogP contribution in [-0.2, 0) is 0 Å². The van der Waals surface area contributed by atoms with E-state index in [-0.39, 0.29) is 57.1 Å². The first-order chi connectivity index (χ1) is 16.9. The van der Waals surface area contributed by atoms with Crippen LogP contribution in [0.5, 0.6) is 23.0 Å². The second kappa shape index (κ2) is 8.03. The van der Waals surface area contributed by atoms with Crippen molar-refractivity contribution in [1.29, 1.82) is 5.26 Å². The van der Waals surface area contributed by atoms with E-state index in [0.29, 0.717) is 11.1 Å². The molecule has 0 radical (unpaired) electrons. The molecule has 0 fully saturated rings. The molecule has 5 rings (SSSR count). The van der Waals surface area contributed by atoms with Crippen molar-refractivity contribution in [2.75, 3.05) is 20.0 Å². The maximum atomic E-state index is 12.9. The summed E-state index contributed by atoms with van der Waals surface area (Å²) in [6, 6.07) is 11.1. The molecule has 4 N–H and O–H groups in total. The zero-order valence-corrected chi connectivity index (χ0v) is 18.5. The number of phenols is 2. The third-order valence-corrected chi connectivity index (χ3v) is 5.65. The van der Waals surface area contributed by atoms with Crippen LogP contribution in [0.3, 0.4) is 0 Å². The number of fused-ring (bicyclic) bond motifs is 3. The zero-order valence-electron chi connectivity index (χ0n) is 18.5. The third kappa shape index (κ3) is 3.36. The maximum Gasteiger partial charge on any atom is 0.362 e. The van der Waals surface area contributed by atoms with Crippen LogP contribution >= 0.6 is 0 Å². The van der Waals surface area contributed by atoms with Gasteiger partial charge in [-0.1, -0.05) is 12.1 Å². The SMILES string of the molecule is COc1cc(/C=c2\c(=O)oc3n2-c2oc(N)nc2C(c2ccc(O)c(OC)c2)C=3C#N)ccc1O. The Morgan fingerprint density at radius 3 is 2.49 bits per heavy atom. The predicted octanol–water partition coefficient (Wildman–Crippen LogP) is 1.08. The molecule has 1 unspecified atom stereocenters. The number of hydrogen-bond acceptors (Lipinski definition) is 10. The lowest BCUT2D eigenvalue weighted by molar-refractivity contribution is 0.373. The van der Waals surface area contributed by atoms with Crippen molar-refractivity contribution >= 4 is 17.7 Å². The Kier molecular flexibility index (Phi) is 4.99. The van der Waals surface area contributed by atoms with Crippen LogP contribution in [0.25, 0.3) is 17.5 Å². The number of nitriles is 1. The molecule has 1 aliphatic heterocycles. The highest BCUT2D eigenvalue weighted by Gasteiger charge is 2.36. The summed E-state index contributed by atoms with van der Waals surface area (Å²) in [5.41, 5.74) is 6.52. The van der Waals surface area contributed by atoms with Gasteiger partial charge in [0, 0.05) is 0 Å². The van der Waals surface area contributed by atoms with Crippen molar-refractivity contribution in [1.82, 2.24) is 9.55 Å². The predicted molar refractivity (Wildman–Crippen MR) is 122 cm³/mol. The number of aromatic hydroxyl groups is 2. The number of nitrogen functional groups attached to an aromatic ring is 1. The number of methoxy groups -OCH3 is 2. The van der Waals surface area contributed by atoms with E-state index in [4.69, 9.17) is 24.0 Å². The quantitative estimate of drug-likeness (QED) is 0.389. The van der Waals surface area contributed by atoms with Gasteiger partial charge in [0.1, 0.15) is 22.7 Å². The first kappa shape index (κ1) is 21.7. The Hall–Kier alpha value is -5.11. The molecule has 0 aliphatic carbocycles. The minimum absolute atomic E-state index is 0.0413. The monoisotopic (exact) mass is 474 g/mol. The lowest BCUT2D eigenvalue weighted by atomic mass is 9.87. The van der Waals surface area contributed by atoms with E-state index in [1.165, 1.54) is 43.1 Å². The second-order valence-corrected chi connectivity index (χ2v) is 7.62. The first-order valence-electron chi connectivity index (χ1n) is 10.2. The smallest absolute Gasteiger partial charge is 0.362 e. The number of ether oxygens (including phenoxy) is 2. The van der Waals surface area contributed by atoms with Gasteiger partial charge in [0.05, 0.1) is 20.1 Å². The molecule has 0 spiro atoms. The van der Waals surface area contributed by atoms with Crippen molar-refractivity contribution in [2.45, 2.75) is 5.92 Å². The van der Waals surface area contributed by atoms with Gasteiger partial charge in [0.2, 0.25) is 11.4 Å². The number of rotatable bonds is 4. The maximum absolute atomic E-state index is 12.9. The van der Waals surface area contributed by atoms with E-state index in [1.54, 1.807) is 18.2 Å². The van der Waals surface area contributed by atoms with Gasteiger partial charge in [-0.15, -0.1) is 0 Å². The van der Waals surface area contributed by atoms with Crippen molar-refractivity contribution in [3.8, 4) is 35.0 Å². The van der Waals surface area contributed by atoms with Gasteiger partial charge in [-0.2, -0.15) is 10.2 Å². The van der Waals surface area contributed by atoms with E-state index >= 15 is 0 Å². The molecule has 1 aliphatic rings. The number of nitrogens with zero attached hydrogens (tertiary/aromatic N) is 3. The van der Waals surface area contributed by atoms with Crippen LogP contribution in [-0.4, -0.2) is 34.0 Å². The Bertz CT molecular complexity index is 1700. The summed E-state index contributed by atoms with van der Waals surface area (Å²) in [6.45, 7) is 0. The lowest BCUT2D eigenvalue weighted by Crippen LogP contribution is -2.35. The first-order valence-corrected chi connectivity index (χ1v) is 10.2. The standard InChI is InChI=1S/C24H18N4O7/c1-32-17-8-11(3-5-15(17)29)7-14-23(31)34-21-13(10-25)19(12-4-6-16(30)18(9-12)33-2)20-22(28(14)21)35-24(26)27-20/h3-9,19,29-30H,1-2H3,(H2,26,27)/b14-7+. The molecular formula is C24H18N4O7. The summed E-state index contributed by atoms with van der Waals surface area (Å²) in [4.78, 5) is 17.2. The molecule has 2 aromatic heterocycles. The number of oxazole rings is 2. The molecule has 176 valence electrons. The van der Waals surface area contributed by atoms with E-state index in [0.717, 1.165) is 0 Å². The normalized spacial score (nSPS) is 14.8. The highest BCUT2D eigenvalue weighted by molar-refractivity contribution is 5.73. The van der Waals surface area contributed by atoms with Crippen LogP contribution in [0.4, 0.5) is 6.01 Å². The number of aromatic nitrogens is 2. The molecule has 11 heteroatoms. The molecule has 0 saturated carbocycles. The third-order valence-electron chi connectivity index (χ3n) is 5.65. The van der Waals surface area contributed by atoms with E-state index in [2.05, 4.69) is 11.1 Å². The average Bonchev–Trinajstić information content (AvgIpc) is 3.38. The topological polar surface area (TPSA) is 170 Å². The Labute approximate surface area is 196 Å².